The zero-order valence-corrected chi connectivity index (χ0v) is 17.4. The summed E-state index contributed by atoms with van der Waals surface area (Å²) in [6.07, 6.45) is 8.10. The van der Waals surface area contributed by atoms with E-state index in [0.717, 1.165) is 24.2 Å². The molecule has 0 aliphatic heterocycles. The van der Waals surface area contributed by atoms with E-state index in [2.05, 4.69) is 20.6 Å². The number of benzene rings is 2. The van der Waals surface area contributed by atoms with Crippen molar-refractivity contribution in [2.75, 3.05) is 10.6 Å². The lowest BCUT2D eigenvalue weighted by molar-refractivity contribution is 0.101. The molecule has 6 heteroatoms. The van der Waals surface area contributed by atoms with Gasteiger partial charge in [-0.1, -0.05) is 24.3 Å². The van der Waals surface area contributed by atoms with Crippen LogP contribution in [0, 0.1) is 0 Å². The molecule has 4 rings (SSSR count). The number of pyridine rings is 2. The van der Waals surface area contributed by atoms with Gasteiger partial charge in [-0.2, -0.15) is 0 Å². The topological polar surface area (TPSA) is 84.0 Å². The standard InChI is InChI=1S/C26H22N4O2/c31-25(21-3-1-15-27-17-21)29-23-11-7-19(8-12-23)5-6-20-9-13-24(14-10-20)30-26(32)22-4-2-16-28-18-22/h1-4,7-18H,5-6H2,(H,29,31)(H,30,32). The number of carbonyl (C=O) groups is 2. The van der Waals surface area contributed by atoms with Gasteiger partial charge in [-0.3, -0.25) is 19.6 Å². The molecule has 0 atom stereocenters. The predicted molar refractivity (Wildman–Crippen MR) is 125 cm³/mol. The van der Waals surface area contributed by atoms with Crippen LogP contribution in [0.2, 0.25) is 0 Å². The van der Waals surface area contributed by atoms with Gasteiger partial charge in [-0.25, -0.2) is 0 Å². The van der Waals surface area contributed by atoms with E-state index in [1.165, 1.54) is 11.1 Å². The molecule has 0 aliphatic carbocycles. The number of aromatic nitrogens is 2. The molecule has 4 aromatic rings. The Kier molecular flexibility index (Phi) is 6.63. The maximum atomic E-state index is 12.2. The Morgan fingerprint density at radius 3 is 1.34 bits per heavy atom. The highest BCUT2D eigenvalue weighted by Gasteiger charge is 2.07. The molecule has 0 spiro atoms. The first-order valence-corrected chi connectivity index (χ1v) is 10.3. The normalized spacial score (nSPS) is 10.4. The molecule has 32 heavy (non-hydrogen) atoms. The van der Waals surface area contributed by atoms with E-state index < -0.39 is 0 Å². The fourth-order valence-electron chi connectivity index (χ4n) is 3.20. The Morgan fingerprint density at radius 2 is 1.00 bits per heavy atom. The van der Waals surface area contributed by atoms with Crippen LogP contribution in [0.1, 0.15) is 31.8 Å². The third kappa shape index (κ3) is 5.64. The summed E-state index contributed by atoms with van der Waals surface area (Å²) in [5.74, 6) is -0.358. The van der Waals surface area contributed by atoms with Gasteiger partial charge < -0.3 is 10.6 Å². The van der Waals surface area contributed by atoms with Gasteiger partial charge in [-0.05, 0) is 72.5 Å². The molecule has 158 valence electrons. The number of carbonyl (C=O) groups excluding carboxylic acids is 2. The lowest BCUT2D eigenvalue weighted by Crippen LogP contribution is -2.12. The Balaban J connectivity index is 1.28. The largest absolute Gasteiger partial charge is 0.322 e. The lowest BCUT2D eigenvalue weighted by atomic mass is 10.0. The van der Waals surface area contributed by atoms with E-state index in [-0.39, 0.29) is 11.8 Å². The van der Waals surface area contributed by atoms with Crippen molar-refractivity contribution in [3.63, 3.8) is 0 Å². The van der Waals surface area contributed by atoms with Gasteiger partial charge >= 0.3 is 0 Å². The molecular formula is C26H22N4O2. The number of anilines is 2. The van der Waals surface area contributed by atoms with Crippen LogP contribution in [0.25, 0.3) is 0 Å². The summed E-state index contributed by atoms with van der Waals surface area (Å²) in [7, 11) is 0. The zero-order valence-electron chi connectivity index (χ0n) is 17.4. The molecule has 2 aromatic heterocycles. The lowest BCUT2D eigenvalue weighted by Gasteiger charge is -2.08. The quantitative estimate of drug-likeness (QED) is 0.449. The van der Waals surface area contributed by atoms with E-state index in [0.29, 0.717) is 11.1 Å². The predicted octanol–water partition coefficient (Wildman–Crippen LogP) is 4.77. The van der Waals surface area contributed by atoms with E-state index in [1.807, 2.05) is 48.5 Å². The van der Waals surface area contributed by atoms with Crippen molar-refractivity contribution in [2.24, 2.45) is 0 Å². The molecule has 0 unspecified atom stereocenters. The van der Waals surface area contributed by atoms with Gasteiger partial charge in [0.25, 0.3) is 11.8 Å². The summed E-state index contributed by atoms with van der Waals surface area (Å²) in [6.45, 7) is 0. The highest BCUT2D eigenvalue weighted by molar-refractivity contribution is 6.04. The summed E-state index contributed by atoms with van der Waals surface area (Å²) in [6, 6.07) is 22.6. The minimum Gasteiger partial charge on any atom is -0.322 e. The number of hydrogen-bond acceptors (Lipinski definition) is 4. The summed E-state index contributed by atoms with van der Waals surface area (Å²) >= 11 is 0. The van der Waals surface area contributed by atoms with Gasteiger partial charge in [-0.15, -0.1) is 0 Å². The molecule has 2 heterocycles. The Hall–Kier alpha value is -4.32. The SMILES string of the molecule is O=C(Nc1ccc(CCc2ccc(NC(=O)c3cccnc3)cc2)cc1)c1cccnc1. The second-order valence-electron chi connectivity index (χ2n) is 7.29. The van der Waals surface area contributed by atoms with Gasteiger partial charge in [0.1, 0.15) is 0 Å². The number of hydrogen-bond donors (Lipinski definition) is 2. The van der Waals surface area contributed by atoms with E-state index in [4.69, 9.17) is 0 Å². The second kappa shape index (κ2) is 10.1. The molecule has 2 amide bonds. The number of rotatable bonds is 7. The number of aryl methyl sites for hydroxylation is 2. The summed E-state index contributed by atoms with van der Waals surface area (Å²) in [5.41, 5.74) is 4.90. The first-order chi connectivity index (χ1) is 15.7. The fraction of sp³-hybridized carbons (Fsp3) is 0.0769. The average molecular weight is 422 g/mol. The van der Waals surface area contributed by atoms with Gasteiger partial charge in [0.05, 0.1) is 11.1 Å². The highest BCUT2D eigenvalue weighted by Crippen LogP contribution is 2.16. The van der Waals surface area contributed by atoms with Crippen LogP contribution in [0.4, 0.5) is 11.4 Å². The molecule has 0 aliphatic rings. The van der Waals surface area contributed by atoms with Crippen LogP contribution in [-0.2, 0) is 12.8 Å². The number of amides is 2. The summed E-state index contributed by atoms with van der Waals surface area (Å²) in [4.78, 5) is 32.3. The van der Waals surface area contributed by atoms with Gasteiger partial charge in [0, 0.05) is 36.2 Å². The smallest absolute Gasteiger partial charge is 0.257 e. The van der Waals surface area contributed by atoms with Crippen LogP contribution >= 0.6 is 0 Å². The van der Waals surface area contributed by atoms with Crippen LogP contribution < -0.4 is 10.6 Å². The van der Waals surface area contributed by atoms with Crippen LogP contribution in [0.3, 0.4) is 0 Å². The van der Waals surface area contributed by atoms with Crippen LogP contribution in [0.15, 0.2) is 97.6 Å². The van der Waals surface area contributed by atoms with Crippen molar-refractivity contribution >= 4 is 23.2 Å². The molecule has 0 saturated carbocycles. The molecule has 0 radical (unpaired) electrons. The van der Waals surface area contributed by atoms with E-state index in [1.54, 1.807) is 49.1 Å². The Morgan fingerprint density at radius 1 is 0.594 bits per heavy atom. The molecule has 2 aromatic carbocycles. The monoisotopic (exact) mass is 422 g/mol. The zero-order chi connectivity index (χ0) is 22.2. The summed E-state index contributed by atoms with van der Waals surface area (Å²) < 4.78 is 0. The molecule has 0 bridgehead atoms. The van der Waals surface area contributed by atoms with Crippen molar-refractivity contribution in [3.8, 4) is 0 Å². The molecule has 0 saturated heterocycles. The molecule has 6 nitrogen and oxygen atoms in total. The van der Waals surface area contributed by atoms with Crippen molar-refractivity contribution in [1.82, 2.24) is 9.97 Å². The minimum absolute atomic E-state index is 0.179. The highest BCUT2D eigenvalue weighted by atomic mass is 16.2. The third-order valence-electron chi connectivity index (χ3n) is 4.97. The van der Waals surface area contributed by atoms with Gasteiger partial charge in [0.15, 0.2) is 0 Å². The average Bonchev–Trinajstić information content (AvgIpc) is 2.85. The maximum absolute atomic E-state index is 12.2. The minimum atomic E-state index is -0.179. The third-order valence-corrected chi connectivity index (χ3v) is 4.97. The fourth-order valence-corrected chi connectivity index (χ4v) is 3.20. The van der Waals surface area contributed by atoms with Crippen LogP contribution in [0.5, 0.6) is 0 Å². The van der Waals surface area contributed by atoms with Gasteiger partial charge in [0.2, 0.25) is 0 Å². The maximum Gasteiger partial charge on any atom is 0.257 e. The van der Waals surface area contributed by atoms with Crippen molar-refractivity contribution in [1.29, 1.82) is 0 Å². The Bertz CT molecular complexity index is 1080. The first-order valence-electron chi connectivity index (χ1n) is 10.3. The summed E-state index contributed by atoms with van der Waals surface area (Å²) in [5, 5.41) is 5.75. The molecular weight excluding hydrogens is 400 g/mol. The van der Waals surface area contributed by atoms with Crippen molar-refractivity contribution in [2.45, 2.75) is 12.8 Å². The number of nitrogens with zero attached hydrogens (tertiary/aromatic N) is 2. The molecule has 2 N–H and O–H groups in total. The second-order valence-corrected chi connectivity index (χ2v) is 7.29. The van der Waals surface area contributed by atoms with E-state index in [9.17, 15) is 9.59 Å². The molecule has 0 fully saturated rings. The van der Waals surface area contributed by atoms with E-state index >= 15 is 0 Å². The number of nitrogens with one attached hydrogen (secondary N) is 2. The first kappa shape index (κ1) is 20.9. The Labute approximate surface area is 186 Å². The van der Waals surface area contributed by atoms with Crippen molar-refractivity contribution < 1.29 is 9.59 Å². The van der Waals surface area contributed by atoms with Crippen LogP contribution in [-0.4, -0.2) is 21.8 Å². The van der Waals surface area contributed by atoms with Crippen molar-refractivity contribution in [3.05, 3.63) is 120 Å².